The van der Waals surface area contributed by atoms with Gasteiger partial charge >= 0.3 is 0 Å². The number of hydrogen-bond donors (Lipinski definition) is 1. The molecule has 0 saturated heterocycles. The second-order valence-electron chi connectivity index (χ2n) is 5.61. The Morgan fingerprint density at radius 2 is 2.10 bits per heavy atom. The maximum absolute atomic E-state index is 5.61. The van der Waals surface area contributed by atoms with Gasteiger partial charge in [0.15, 0.2) is 0 Å². The van der Waals surface area contributed by atoms with Gasteiger partial charge in [0.25, 0.3) is 0 Å². The highest BCUT2D eigenvalue weighted by atomic mass is 16.5. The predicted molar refractivity (Wildman–Crippen MR) is 82.2 cm³/mol. The predicted octanol–water partition coefficient (Wildman–Crippen LogP) is 2.12. The molecule has 0 amide bonds. The third-order valence-electron chi connectivity index (χ3n) is 4.11. The molecule has 1 aromatic heterocycles. The van der Waals surface area contributed by atoms with E-state index in [4.69, 9.17) is 10.5 Å². The Morgan fingerprint density at radius 1 is 1.25 bits per heavy atom. The molecule has 0 aliphatic carbocycles. The van der Waals surface area contributed by atoms with Crippen LogP contribution in [-0.2, 0) is 13.1 Å². The number of aromatic nitrogens is 1. The number of nitrogens with two attached hydrogens (primary N) is 1. The summed E-state index contributed by atoms with van der Waals surface area (Å²) in [5.74, 6) is 0.988. The van der Waals surface area contributed by atoms with Crippen LogP contribution in [0.3, 0.4) is 0 Å². The number of hydrogen-bond acceptors (Lipinski definition) is 3. The Morgan fingerprint density at radius 3 is 2.85 bits per heavy atom. The number of nitrogens with zero attached hydrogens (tertiary/aromatic N) is 2. The first-order valence-corrected chi connectivity index (χ1v) is 7.32. The zero-order chi connectivity index (χ0) is 14.1. The van der Waals surface area contributed by atoms with Crippen LogP contribution < -0.4 is 10.5 Å². The van der Waals surface area contributed by atoms with E-state index in [-0.39, 0.29) is 0 Å². The fraction of sp³-hybridized carbons (Fsp3) is 0.500. The summed E-state index contributed by atoms with van der Waals surface area (Å²) in [6.45, 7) is 7.11. The van der Waals surface area contributed by atoms with Gasteiger partial charge in [-0.1, -0.05) is 0 Å². The molecule has 4 nitrogen and oxygen atoms in total. The molecule has 3 rings (SSSR count). The summed E-state index contributed by atoms with van der Waals surface area (Å²) in [6.07, 6.45) is 1.07. The molecule has 0 bridgehead atoms. The van der Waals surface area contributed by atoms with Gasteiger partial charge in [-0.15, -0.1) is 0 Å². The van der Waals surface area contributed by atoms with E-state index in [0.717, 1.165) is 44.9 Å². The number of methoxy groups -OCH3 is 1. The van der Waals surface area contributed by atoms with Crippen molar-refractivity contribution in [3.8, 4) is 5.75 Å². The minimum absolute atomic E-state index is 0.770. The lowest BCUT2D eigenvalue weighted by molar-refractivity contribution is 0.222. The molecule has 0 fully saturated rings. The van der Waals surface area contributed by atoms with Crippen molar-refractivity contribution in [2.24, 2.45) is 5.73 Å². The number of fused-ring (bicyclic) bond motifs is 3. The molecule has 0 atom stereocenters. The van der Waals surface area contributed by atoms with E-state index in [9.17, 15) is 0 Å². The van der Waals surface area contributed by atoms with E-state index in [0.29, 0.717) is 0 Å². The Kier molecular flexibility index (Phi) is 3.68. The van der Waals surface area contributed by atoms with Gasteiger partial charge in [-0.05, 0) is 50.2 Å². The first-order chi connectivity index (χ1) is 9.72. The molecule has 0 radical (unpaired) electrons. The van der Waals surface area contributed by atoms with Crippen LogP contribution >= 0.6 is 0 Å². The largest absolute Gasteiger partial charge is 0.495 e. The molecule has 4 heteroatoms. The van der Waals surface area contributed by atoms with Crippen LogP contribution in [0.25, 0.3) is 10.9 Å². The topological polar surface area (TPSA) is 43.4 Å². The summed E-state index contributed by atoms with van der Waals surface area (Å²) >= 11 is 0. The van der Waals surface area contributed by atoms with Gasteiger partial charge in [0.2, 0.25) is 0 Å². The standard InChI is InChI=1S/C16H23N3O/c1-12-8-13-10-14-11-18(5-3-4-17)6-7-19(14)16(13)15(9-12)20-2/h8-10H,3-7,11,17H2,1-2H3. The number of benzene rings is 1. The number of aryl methyl sites for hydroxylation is 1. The van der Waals surface area contributed by atoms with Gasteiger partial charge in [-0.2, -0.15) is 0 Å². The maximum Gasteiger partial charge on any atom is 0.143 e. The number of rotatable bonds is 4. The van der Waals surface area contributed by atoms with Crippen LogP contribution in [0.5, 0.6) is 5.75 Å². The van der Waals surface area contributed by atoms with Gasteiger partial charge in [0.1, 0.15) is 5.75 Å². The molecule has 0 spiro atoms. The van der Waals surface area contributed by atoms with Crippen LogP contribution in [0.15, 0.2) is 18.2 Å². The Balaban J connectivity index is 1.98. The fourth-order valence-corrected chi connectivity index (χ4v) is 3.17. The zero-order valence-corrected chi connectivity index (χ0v) is 12.4. The van der Waals surface area contributed by atoms with Crippen LogP contribution in [0.1, 0.15) is 17.7 Å². The highest BCUT2D eigenvalue weighted by Gasteiger charge is 2.20. The molecular formula is C16H23N3O. The molecule has 2 N–H and O–H groups in total. The minimum Gasteiger partial charge on any atom is -0.495 e. The summed E-state index contributed by atoms with van der Waals surface area (Å²) in [5, 5.41) is 1.29. The summed E-state index contributed by atoms with van der Waals surface area (Å²) in [7, 11) is 1.75. The lowest BCUT2D eigenvalue weighted by Gasteiger charge is -2.28. The maximum atomic E-state index is 5.61. The van der Waals surface area contributed by atoms with Gasteiger partial charge in [0.05, 0.1) is 12.6 Å². The van der Waals surface area contributed by atoms with Crippen LogP contribution in [0.4, 0.5) is 0 Å². The second kappa shape index (κ2) is 5.46. The van der Waals surface area contributed by atoms with Crippen LogP contribution in [0, 0.1) is 6.92 Å². The summed E-state index contributed by atoms with van der Waals surface area (Å²) in [5.41, 5.74) is 9.48. The quantitative estimate of drug-likeness (QED) is 0.928. The Labute approximate surface area is 120 Å². The molecular weight excluding hydrogens is 250 g/mol. The monoisotopic (exact) mass is 273 g/mol. The van der Waals surface area contributed by atoms with Crippen LogP contribution in [0.2, 0.25) is 0 Å². The smallest absolute Gasteiger partial charge is 0.143 e. The van der Waals surface area contributed by atoms with Gasteiger partial charge in [0, 0.05) is 30.7 Å². The SMILES string of the molecule is COc1cc(C)cc2cc3n(c12)CCN(CCCN)C3. The van der Waals surface area contributed by atoms with E-state index in [2.05, 4.69) is 34.6 Å². The van der Waals surface area contributed by atoms with Crippen molar-refractivity contribution in [2.75, 3.05) is 26.7 Å². The van der Waals surface area contributed by atoms with Crippen molar-refractivity contribution in [3.05, 3.63) is 29.5 Å². The molecule has 1 aliphatic heterocycles. The highest BCUT2D eigenvalue weighted by molar-refractivity contribution is 5.88. The van der Waals surface area contributed by atoms with E-state index in [1.54, 1.807) is 7.11 Å². The van der Waals surface area contributed by atoms with Crippen molar-refractivity contribution < 1.29 is 4.74 Å². The van der Waals surface area contributed by atoms with E-state index in [1.165, 1.54) is 22.2 Å². The second-order valence-corrected chi connectivity index (χ2v) is 5.61. The Bertz CT molecular complexity index is 618. The molecule has 1 aromatic carbocycles. The van der Waals surface area contributed by atoms with E-state index >= 15 is 0 Å². The molecule has 20 heavy (non-hydrogen) atoms. The lowest BCUT2D eigenvalue weighted by Crippen LogP contribution is -2.34. The average molecular weight is 273 g/mol. The van der Waals surface area contributed by atoms with Crippen molar-refractivity contribution in [2.45, 2.75) is 26.4 Å². The molecule has 2 heterocycles. The lowest BCUT2D eigenvalue weighted by atomic mass is 10.1. The highest BCUT2D eigenvalue weighted by Crippen LogP contribution is 2.32. The molecule has 1 aliphatic rings. The molecule has 108 valence electrons. The summed E-state index contributed by atoms with van der Waals surface area (Å²) in [4.78, 5) is 2.49. The third kappa shape index (κ3) is 2.30. The van der Waals surface area contributed by atoms with Gasteiger partial charge in [-0.25, -0.2) is 0 Å². The van der Waals surface area contributed by atoms with Gasteiger partial charge < -0.3 is 15.0 Å². The Hall–Kier alpha value is -1.52. The summed E-state index contributed by atoms with van der Waals surface area (Å²) < 4.78 is 7.98. The average Bonchev–Trinajstić information content (AvgIpc) is 2.81. The third-order valence-corrected chi connectivity index (χ3v) is 4.11. The number of ether oxygens (including phenoxy) is 1. The van der Waals surface area contributed by atoms with Crippen molar-refractivity contribution >= 4 is 10.9 Å². The molecule has 0 unspecified atom stereocenters. The zero-order valence-electron chi connectivity index (χ0n) is 12.4. The first kappa shape index (κ1) is 13.5. The van der Waals surface area contributed by atoms with E-state index in [1.807, 2.05) is 0 Å². The van der Waals surface area contributed by atoms with Crippen molar-refractivity contribution in [1.29, 1.82) is 0 Å². The summed E-state index contributed by atoms with van der Waals surface area (Å²) in [6, 6.07) is 6.67. The molecule has 0 saturated carbocycles. The normalized spacial score (nSPS) is 15.6. The van der Waals surface area contributed by atoms with Crippen LogP contribution in [-0.4, -0.2) is 36.2 Å². The van der Waals surface area contributed by atoms with Crippen molar-refractivity contribution in [3.63, 3.8) is 0 Å². The van der Waals surface area contributed by atoms with E-state index < -0.39 is 0 Å². The van der Waals surface area contributed by atoms with Gasteiger partial charge in [-0.3, -0.25) is 4.90 Å². The van der Waals surface area contributed by atoms with Crippen molar-refractivity contribution in [1.82, 2.24) is 9.47 Å². The minimum atomic E-state index is 0.770. The molecule has 2 aromatic rings. The first-order valence-electron chi connectivity index (χ1n) is 7.32. The fourth-order valence-electron chi connectivity index (χ4n) is 3.17.